The highest BCUT2D eigenvalue weighted by molar-refractivity contribution is 5.92. The largest absolute Gasteiger partial charge is 0.338 e. The normalized spacial score (nSPS) is 10.3. The molecular formula is C18H23N3O. The SMILES string of the molecule is CCCNC(=O)N(Cc1cccnc1)c1cc(C)cc(C)c1. The van der Waals surface area contributed by atoms with Gasteiger partial charge in [-0.2, -0.15) is 0 Å². The molecule has 1 aromatic heterocycles. The third-order valence-corrected chi connectivity index (χ3v) is 3.35. The summed E-state index contributed by atoms with van der Waals surface area (Å²) in [5.74, 6) is 0. The first-order valence-electron chi connectivity index (χ1n) is 7.62. The molecule has 0 aliphatic rings. The van der Waals surface area contributed by atoms with Gasteiger partial charge in [-0.15, -0.1) is 0 Å². The standard InChI is InChI=1S/C18H23N3O/c1-4-7-20-18(22)21(13-16-6-5-8-19-12-16)17-10-14(2)9-15(3)11-17/h5-6,8-12H,4,7,13H2,1-3H3,(H,20,22). The van der Waals surface area contributed by atoms with Gasteiger partial charge in [0.2, 0.25) is 0 Å². The second-order valence-corrected chi connectivity index (χ2v) is 5.53. The minimum Gasteiger partial charge on any atom is -0.338 e. The molecule has 0 radical (unpaired) electrons. The number of aryl methyl sites for hydroxylation is 2. The maximum absolute atomic E-state index is 12.5. The van der Waals surface area contributed by atoms with E-state index in [0.29, 0.717) is 13.1 Å². The van der Waals surface area contributed by atoms with Crippen LogP contribution in [-0.2, 0) is 6.54 Å². The van der Waals surface area contributed by atoms with E-state index in [1.54, 1.807) is 17.3 Å². The van der Waals surface area contributed by atoms with Crippen molar-refractivity contribution in [2.75, 3.05) is 11.4 Å². The molecule has 1 aromatic carbocycles. The fraction of sp³-hybridized carbons (Fsp3) is 0.333. The molecule has 1 N–H and O–H groups in total. The smallest absolute Gasteiger partial charge is 0.322 e. The summed E-state index contributed by atoms with van der Waals surface area (Å²) in [6.45, 7) is 7.31. The number of pyridine rings is 1. The molecule has 4 nitrogen and oxygen atoms in total. The van der Waals surface area contributed by atoms with Crippen LogP contribution in [0, 0.1) is 13.8 Å². The Morgan fingerprint density at radius 1 is 1.23 bits per heavy atom. The minimum absolute atomic E-state index is 0.0734. The molecule has 0 bridgehead atoms. The van der Waals surface area contributed by atoms with Crippen LogP contribution in [0.2, 0.25) is 0 Å². The van der Waals surface area contributed by atoms with Gasteiger partial charge in [0.25, 0.3) is 0 Å². The molecular weight excluding hydrogens is 274 g/mol. The number of hydrogen-bond donors (Lipinski definition) is 1. The number of urea groups is 1. The third-order valence-electron chi connectivity index (χ3n) is 3.35. The molecule has 2 aromatic rings. The van der Waals surface area contributed by atoms with Crippen molar-refractivity contribution in [1.29, 1.82) is 0 Å². The number of amides is 2. The molecule has 116 valence electrons. The van der Waals surface area contributed by atoms with Gasteiger partial charge in [-0.3, -0.25) is 9.88 Å². The average molecular weight is 297 g/mol. The monoisotopic (exact) mass is 297 g/mol. The number of nitrogens with one attached hydrogen (secondary N) is 1. The molecule has 0 aliphatic carbocycles. The van der Waals surface area contributed by atoms with Gasteiger partial charge in [-0.25, -0.2) is 4.79 Å². The molecule has 0 saturated carbocycles. The fourth-order valence-corrected chi connectivity index (χ4v) is 2.39. The first-order chi connectivity index (χ1) is 10.6. The summed E-state index contributed by atoms with van der Waals surface area (Å²) in [6, 6.07) is 9.98. The van der Waals surface area contributed by atoms with Crippen LogP contribution in [-0.4, -0.2) is 17.6 Å². The van der Waals surface area contributed by atoms with E-state index in [0.717, 1.165) is 28.8 Å². The van der Waals surface area contributed by atoms with Crippen LogP contribution in [0.5, 0.6) is 0 Å². The lowest BCUT2D eigenvalue weighted by molar-refractivity contribution is 0.246. The van der Waals surface area contributed by atoms with E-state index < -0.39 is 0 Å². The molecule has 22 heavy (non-hydrogen) atoms. The zero-order valence-electron chi connectivity index (χ0n) is 13.5. The quantitative estimate of drug-likeness (QED) is 0.911. The van der Waals surface area contributed by atoms with Gasteiger partial charge in [0, 0.05) is 24.6 Å². The van der Waals surface area contributed by atoms with E-state index >= 15 is 0 Å². The highest BCUT2D eigenvalue weighted by Crippen LogP contribution is 2.21. The lowest BCUT2D eigenvalue weighted by atomic mass is 10.1. The van der Waals surface area contributed by atoms with E-state index in [1.165, 1.54) is 0 Å². The lowest BCUT2D eigenvalue weighted by Crippen LogP contribution is -2.40. The zero-order valence-corrected chi connectivity index (χ0v) is 13.5. The van der Waals surface area contributed by atoms with E-state index in [4.69, 9.17) is 0 Å². The Balaban J connectivity index is 2.29. The van der Waals surface area contributed by atoms with E-state index in [2.05, 4.69) is 16.4 Å². The maximum atomic E-state index is 12.5. The second kappa shape index (κ2) is 7.59. The Kier molecular flexibility index (Phi) is 5.53. The molecule has 0 saturated heterocycles. The number of rotatable bonds is 5. The van der Waals surface area contributed by atoms with Crippen molar-refractivity contribution in [1.82, 2.24) is 10.3 Å². The molecule has 0 spiro atoms. The Morgan fingerprint density at radius 2 is 1.95 bits per heavy atom. The van der Waals surface area contributed by atoms with Gasteiger partial charge < -0.3 is 5.32 Å². The van der Waals surface area contributed by atoms with Gasteiger partial charge in [-0.1, -0.05) is 19.1 Å². The Bertz CT molecular complexity index is 605. The Hall–Kier alpha value is -2.36. The van der Waals surface area contributed by atoms with Gasteiger partial charge in [0.05, 0.1) is 6.54 Å². The van der Waals surface area contributed by atoms with E-state index in [9.17, 15) is 4.79 Å². The fourth-order valence-electron chi connectivity index (χ4n) is 2.39. The highest BCUT2D eigenvalue weighted by Gasteiger charge is 2.16. The Morgan fingerprint density at radius 3 is 2.55 bits per heavy atom. The van der Waals surface area contributed by atoms with Crippen LogP contribution in [0.1, 0.15) is 30.0 Å². The van der Waals surface area contributed by atoms with Gasteiger partial charge >= 0.3 is 6.03 Å². The van der Waals surface area contributed by atoms with Crippen LogP contribution >= 0.6 is 0 Å². The predicted octanol–water partition coefficient (Wildman–Crippen LogP) is 3.82. The molecule has 0 aliphatic heterocycles. The Labute approximate surface area is 132 Å². The van der Waals surface area contributed by atoms with Gasteiger partial charge in [0.1, 0.15) is 0 Å². The summed E-state index contributed by atoms with van der Waals surface area (Å²) in [4.78, 5) is 18.4. The van der Waals surface area contributed by atoms with Crippen LogP contribution < -0.4 is 10.2 Å². The van der Waals surface area contributed by atoms with E-state index in [-0.39, 0.29) is 6.03 Å². The van der Waals surface area contributed by atoms with Crippen molar-refractivity contribution in [3.63, 3.8) is 0 Å². The van der Waals surface area contributed by atoms with Gasteiger partial charge in [-0.05, 0) is 55.2 Å². The molecule has 0 unspecified atom stereocenters. The number of aromatic nitrogens is 1. The number of nitrogens with zero attached hydrogens (tertiary/aromatic N) is 2. The molecule has 2 amide bonds. The van der Waals surface area contributed by atoms with E-state index in [1.807, 2.05) is 45.0 Å². The maximum Gasteiger partial charge on any atom is 0.322 e. The lowest BCUT2D eigenvalue weighted by Gasteiger charge is -2.24. The summed E-state index contributed by atoms with van der Waals surface area (Å²) in [5, 5.41) is 2.96. The number of carbonyl (C=O) groups excluding carboxylic acids is 1. The summed E-state index contributed by atoms with van der Waals surface area (Å²) in [5.41, 5.74) is 4.22. The van der Waals surface area contributed by atoms with Crippen molar-refractivity contribution in [2.45, 2.75) is 33.7 Å². The van der Waals surface area contributed by atoms with Crippen molar-refractivity contribution < 1.29 is 4.79 Å². The molecule has 4 heteroatoms. The zero-order chi connectivity index (χ0) is 15.9. The van der Waals surface area contributed by atoms with Crippen LogP contribution in [0.15, 0.2) is 42.7 Å². The molecule has 1 heterocycles. The van der Waals surface area contributed by atoms with Crippen molar-refractivity contribution in [3.05, 3.63) is 59.4 Å². The first kappa shape index (κ1) is 16.0. The topological polar surface area (TPSA) is 45.2 Å². The summed E-state index contributed by atoms with van der Waals surface area (Å²) >= 11 is 0. The number of benzene rings is 1. The van der Waals surface area contributed by atoms with Gasteiger partial charge in [0.15, 0.2) is 0 Å². The van der Waals surface area contributed by atoms with Crippen molar-refractivity contribution in [2.24, 2.45) is 0 Å². The molecule has 0 atom stereocenters. The third kappa shape index (κ3) is 4.32. The first-order valence-corrected chi connectivity index (χ1v) is 7.62. The van der Waals surface area contributed by atoms with Crippen molar-refractivity contribution in [3.8, 4) is 0 Å². The van der Waals surface area contributed by atoms with Crippen LogP contribution in [0.4, 0.5) is 10.5 Å². The van der Waals surface area contributed by atoms with Crippen LogP contribution in [0.25, 0.3) is 0 Å². The summed E-state index contributed by atoms with van der Waals surface area (Å²) in [6.07, 6.45) is 4.45. The van der Waals surface area contributed by atoms with Crippen molar-refractivity contribution >= 4 is 11.7 Å². The highest BCUT2D eigenvalue weighted by atomic mass is 16.2. The number of hydrogen-bond acceptors (Lipinski definition) is 2. The number of carbonyl (C=O) groups is 1. The second-order valence-electron chi connectivity index (χ2n) is 5.53. The van der Waals surface area contributed by atoms with Crippen LogP contribution in [0.3, 0.4) is 0 Å². The number of anilines is 1. The molecule has 2 rings (SSSR count). The summed E-state index contributed by atoms with van der Waals surface area (Å²) in [7, 11) is 0. The average Bonchev–Trinajstić information content (AvgIpc) is 2.50. The molecule has 0 fully saturated rings. The minimum atomic E-state index is -0.0734. The summed E-state index contributed by atoms with van der Waals surface area (Å²) < 4.78 is 0. The predicted molar refractivity (Wildman–Crippen MR) is 90.0 cm³/mol.